The normalized spacial score (nSPS) is 10.9. The van der Waals surface area contributed by atoms with Gasteiger partial charge in [-0.1, -0.05) is 44.6 Å². The predicted octanol–water partition coefficient (Wildman–Crippen LogP) is 3.61. The van der Waals surface area contributed by atoms with Crippen LogP contribution in [0.5, 0.6) is 0 Å². The number of carboxylic acid groups (broad SMARTS) is 2. The lowest BCUT2D eigenvalue weighted by molar-refractivity contribution is -0.137. The third-order valence-electron chi connectivity index (χ3n) is 2.77. The zero-order valence-corrected chi connectivity index (χ0v) is 10.9. The van der Waals surface area contributed by atoms with Gasteiger partial charge in [-0.25, -0.2) is 4.79 Å². The smallest absolute Gasteiger partial charge is 0.327 e. The summed E-state index contributed by atoms with van der Waals surface area (Å²) in [6.45, 7) is 0. The number of hydrogen-bond acceptors (Lipinski definition) is 2. The summed E-state index contributed by atoms with van der Waals surface area (Å²) in [4.78, 5) is 20.4. The molecule has 18 heavy (non-hydrogen) atoms. The fourth-order valence-electron chi connectivity index (χ4n) is 1.78. The molecule has 0 spiro atoms. The Morgan fingerprint density at radius 3 is 1.78 bits per heavy atom. The summed E-state index contributed by atoms with van der Waals surface area (Å²) in [5.74, 6) is -1.58. The zero-order valence-electron chi connectivity index (χ0n) is 10.9. The van der Waals surface area contributed by atoms with Crippen molar-refractivity contribution in [1.82, 2.24) is 0 Å². The lowest BCUT2D eigenvalue weighted by Gasteiger charge is -2.00. The third-order valence-corrected chi connectivity index (χ3v) is 2.77. The van der Waals surface area contributed by atoms with Gasteiger partial charge in [0.05, 0.1) is 0 Å². The maximum Gasteiger partial charge on any atom is 0.327 e. The highest BCUT2D eigenvalue weighted by Gasteiger charge is 1.96. The lowest BCUT2D eigenvalue weighted by Crippen LogP contribution is -1.93. The van der Waals surface area contributed by atoms with Crippen LogP contribution >= 0.6 is 0 Å². The minimum Gasteiger partial charge on any atom is -0.481 e. The summed E-state index contributed by atoms with van der Waals surface area (Å²) < 4.78 is 0. The van der Waals surface area contributed by atoms with Gasteiger partial charge in [0.15, 0.2) is 0 Å². The Labute approximate surface area is 109 Å². The molecule has 0 unspecified atom stereocenters. The molecule has 0 aliphatic heterocycles. The van der Waals surface area contributed by atoms with Crippen LogP contribution in [-0.2, 0) is 9.59 Å². The van der Waals surface area contributed by atoms with Crippen LogP contribution in [0.3, 0.4) is 0 Å². The first-order valence-electron chi connectivity index (χ1n) is 6.74. The Balaban J connectivity index is 3.07. The van der Waals surface area contributed by atoms with Crippen LogP contribution < -0.4 is 0 Å². The molecule has 0 rings (SSSR count). The van der Waals surface area contributed by atoms with E-state index in [1.165, 1.54) is 25.3 Å². The van der Waals surface area contributed by atoms with Crippen LogP contribution in [-0.4, -0.2) is 22.2 Å². The van der Waals surface area contributed by atoms with E-state index in [1.807, 2.05) is 0 Å². The van der Waals surface area contributed by atoms with Gasteiger partial charge < -0.3 is 10.2 Å². The van der Waals surface area contributed by atoms with Gasteiger partial charge >= 0.3 is 11.9 Å². The van der Waals surface area contributed by atoms with E-state index in [-0.39, 0.29) is 6.42 Å². The largest absolute Gasteiger partial charge is 0.481 e. The molecule has 0 amide bonds. The summed E-state index contributed by atoms with van der Waals surface area (Å²) in [5, 5.41) is 16.8. The highest BCUT2D eigenvalue weighted by atomic mass is 16.4. The highest BCUT2D eigenvalue weighted by Crippen LogP contribution is 2.10. The predicted molar refractivity (Wildman–Crippen MR) is 70.6 cm³/mol. The Bertz CT molecular complexity index is 259. The molecule has 0 aromatic carbocycles. The summed E-state index contributed by atoms with van der Waals surface area (Å²) in [6, 6.07) is 0. The van der Waals surface area contributed by atoms with Crippen molar-refractivity contribution in [2.75, 3.05) is 0 Å². The minimum absolute atomic E-state index is 0.288. The summed E-state index contributed by atoms with van der Waals surface area (Å²) in [5.41, 5.74) is 0. The van der Waals surface area contributed by atoms with Gasteiger partial charge in [-0.3, -0.25) is 4.79 Å². The average molecular weight is 256 g/mol. The van der Waals surface area contributed by atoms with Crippen LogP contribution in [0.15, 0.2) is 12.2 Å². The molecule has 0 saturated carbocycles. The van der Waals surface area contributed by atoms with Crippen LogP contribution in [0, 0.1) is 0 Å². The number of carboxylic acids is 2. The van der Waals surface area contributed by atoms with Gasteiger partial charge in [0, 0.05) is 12.5 Å². The summed E-state index contributed by atoms with van der Waals surface area (Å²) in [6.07, 6.45) is 12.7. The molecule has 0 aromatic rings. The molecule has 0 saturated heterocycles. The molecular formula is C14H24O4. The molecule has 0 fully saturated rings. The van der Waals surface area contributed by atoms with E-state index in [2.05, 4.69) is 0 Å². The van der Waals surface area contributed by atoms with Crippen molar-refractivity contribution >= 4 is 11.9 Å². The Hall–Kier alpha value is -1.32. The molecule has 0 aromatic heterocycles. The van der Waals surface area contributed by atoms with Crippen molar-refractivity contribution in [3.8, 4) is 0 Å². The van der Waals surface area contributed by atoms with Crippen molar-refractivity contribution in [2.45, 2.75) is 64.2 Å². The fourth-order valence-corrected chi connectivity index (χ4v) is 1.78. The van der Waals surface area contributed by atoms with E-state index in [1.54, 1.807) is 6.08 Å². The summed E-state index contributed by atoms with van der Waals surface area (Å²) in [7, 11) is 0. The number of aliphatic carboxylic acids is 2. The molecule has 0 bridgehead atoms. The Kier molecular flexibility index (Phi) is 11.3. The van der Waals surface area contributed by atoms with Crippen LogP contribution in [0.1, 0.15) is 64.2 Å². The quantitative estimate of drug-likeness (QED) is 0.413. The number of carbonyl (C=O) groups is 2. The Morgan fingerprint density at radius 1 is 0.778 bits per heavy atom. The fraction of sp³-hybridized carbons (Fsp3) is 0.714. The second-order valence-corrected chi connectivity index (χ2v) is 4.50. The molecule has 4 nitrogen and oxygen atoms in total. The topological polar surface area (TPSA) is 74.6 Å². The van der Waals surface area contributed by atoms with Gasteiger partial charge in [0.2, 0.25) is 0 Å². The van der Waals surface area contributed by atoms with E-state index in [0.717, 1.165) is 38.5 Å². The van der Waals surface area contributed by atoms with Gasteiger partial charge in [-0.15, -0.1) is 0 Å². The summed E-state index contributed by atoms with van der Waals surface area (Å²) >= 11 is 0. The van der Waals surface area contributed by atoms with Gasteiger partial charge in [0.1, 0.15) is 0 Å². The first-order valence-corrected chi connectivity index (χ1v) is 6.74. The van der Waals surface area contributed by atoms with E-state index in [0.29, 0.717) is 0 Å². The number of hydrogen-bond donors (Lipinski definition) is 2. The molecule has 0 atom stereocenters. The molecular weight excluding hydrogens is 232 g/mol. The van der Waals surface area contributed by atoms with Gasteiger partial charge in [-0.2, -0.15) is 0 Å². The minimum atomic E-state index is -0.878. The van der Waals surface area contributed by atoms with E-state index in [4.69, 9.17) is 10.2 Å². The van der Waals surface area contributed by atoms with Crippen molar-refractivity contribution in [1.29, 1.82) is 0 Å². The van der Waals surface area contributed by atoms with E-state index in [9.17, 15) is 9.59 Å². The average Bonchev–Trinajstić information content (AvgIpc) is 2.29. The highest BCUT2D eigenvalue weighted by molar-refractivity contribution is 5.79. The number of unbranched alkanes of at least 4 members (excludes halogenated alkanes) is 8. The first kappa shape index (κ1) is 16.7. The number of allylic oxidation sites excluding steroid dienone is 1. The SMILES string of the molecule is O=C(O)C=CCCCCCCCCCCC(=O)O. The van der Waals surface area contributed by atoms with E-state index < -0.39 is 11.9 Å². The molecule has 0 aliphatic rings. The molecule has 0 heterocycles. The van der Waals surface area contributed by atoms with Crippen LogP contribution in [0.25, 0.3) is 0 Å². The Morgan fingerprint density at radius 2 is 1.28 bits per heavy atom. The molecule has 2 N–H and O–H groups in total. The van der Waals surface area contributed by atoms with Gasteiger partial charge in [0.25, 0.3) is 0 Å². The standard InChI is InChI=1S/C14H24O4/c15-13(16)11-9-7-5-3-1-2-4-6-8-10-12-14(17)18/h9,11H,1-8,10,12H2,(H,15,16)(H,17,18). The monoisotopic (exact) mass is 256 g/mol. The van der Waals surface area contributed by atoms with Gasteiger partial charge in [-0.05, 0) is 19.3 Å². The second kappa shape index (κ2) is 12.1. The zero-order chi connectivity index (χ0) is 13.6. The maximum atomic E-state index is 10.3. The third kappa shape index (κ3) is 14.7. The van der Waals surface area contributed by atoms with Crippen molar-refractivity contribution in [3.63, 3.8) is 0 Å². The second-order valence-electron chi connectivity index (χ2n) is 4.50. The maximum absolute atomic E-state index is 10.3. The van der Waals surface area contributed by atoms with Crippen LogP contribution in [0.4, 0.5) is 0 Å². The molecule has 0 radical (unpaired) electrons. The molecule has 104 valence electrons. The number of rotatable bonds is 12. The lowest BCUT2D eigenvalue weighted by atomic mass is 10.1. The van der Waals surface area contributed by atoms with Crippen LogP contribution in [0.2, 0.25) is 0 Å². The van der Waals surface area contributed by atoms with E-state index >= 15 is 0 Å². The van der Waals surface area contributed by atoms with Crippen molar-refractivity contribution in [3.05, 3.63) is 12.2 Å². The first-order chi connectivity index (χ1) is 8.63. The molecule has 0 aliphatic carbocycles. The molecule has 4 heteroatoms. The van der Waals surface area contributed by atoms with Crippen molar-refractivity contribution in [2.24, 2.45) is 0 Å². The van der Waals surface area contributed by atoms with Crippen molar-refractivity contribution < 1.29 is 19.8 Å².